The number of allylic oxidation sites excluding steroid dienone is 1. The Morgan fingerprint density at radius 1 is 1.22 bits per heavy atom. The molecule has 1 aromatic heterocycles. The molecule has 0 spiro atoms. The van der Waals surface area contributed by atoms with Crippen LogP contribution in [0.25, 0.3) is 0 Å². The molecule has 6 heteroatoms. The highest BCUT2D eigenvalue weighted by Crippen LogP contribution is 2.24. The van der Waals surface area contributed by atoms with Crippen molar-refractivity contribution in [3.8, 4) is 6.07 Å². The van der Waals surface area contributed by atoms with Crippen LogP contribution < -0.4 is 10.6 Å². The summed E-state index contributed by atoms with van der Waals surface area (Å²) in [5.74, 6) is 1.08. The van der Waals surface area contributed by atoms with Crippen molar-refractivity contribution in [1.29, 1.82) is 5.26 Å². The van der Waals surface area contributed by atoms with E-state index >= 15 is 0 Å². The van der Waals surface area contributed by atoms with Crippen molar-refractivity contribution < 1.29 is 5.11 Å². The van der Waals surface area contributed by atoms with Gasteiger partial charge in [0.25, 0.3) is 0 Å². The number of nitrogens with one attached hydrogen (secondary N) is 2. The van der Waals surface area contributed by atoms with Gasteiger partial charge in [-0.05, 0) is 25.7 Å². The third-order valence-electron chi connectivity index (χ3n) is 4.47. The molecule has 1 saturated carbocycles. The van der Waals surface area contributed by atoms with E-state index in [-0.39, 0.29) is 6.10 Å². The van der Waals surface area contributed by atoms with E-state index in [4.69, 9.17) is 0 Å². The van der Waals surface area contributed by atoms with Crippen LogP contribution in [0.5, 0.6) is 0 Å². The summed E-state index contributed by atoms with van der Waals surface area (Å²) in [6, 6.07) is 2.54. The van der Waals surface area contributed by atoms with Crippen LogP contribution in [0.2, 0.25) is 0 Å². The molecule has 0 unspecified atom stereocenters. The van der Waals surface area contributed by atoms with Crippen LogP contribution >= 0.6 is 0 Å². The summed E-state index contributed by atoms with van der Waals surface area (Å²) >= 11 is 0. The lowest BCUT2D eigenvalue weighted by Gasteiger charge is -2.23. The fourth-order valence-corrected chi connectivity index (χ4v) is 3.20. The molecule has 0 saturated heterocycles. The SMILES string of the molecule is N#Cc1cnc(NC2CCCCC2)nc1NC1=CCC[C@H](O)C1. The maximum Gasteiger partial charge on any atom is 0.224 e. The first-order valence-corrected chi connectivity index (χ1v) is 8.42. The van der Waals surface area contributed by atoms with Crippen molar-refractivity contribution in [2.24, 2.45) is 0 Å². The molecule has 1 aromatic rings. The number of hydrogen-bond acceptors (Lipinski definition) is 6. The fourth-order valence-electron chi connectivity index (χ4n) is 3.20. The summed E-state index contributed by atoms with van der Waals surface area (Å²) in [7, 11) is 0. The number of hydrogen-bond donors (Lipinski definition) is 3. The molecular weight excluding hydrogens is 290 g/mol. The van der Waals surface area contributed by atoms with Crippen LogP contribution in [0.1, 0.15) is 56.9 Å². The van der Waals surface area contributed by atoms with Gasteiger partial charge in [-0.15, -0.1) is 0 Å². The fraction of sp³-hybridized carbons (Fsp3) is 0.588. The third-order valence-corrected chi connectivity index (χ3v) is 4.47. The molecule has 0 aliphatic heterocycles. The molecular formula is C17H23N5O. The van der Waals surface area contributed by atoms with Crippen LogP contribution in [0, 0.1) is 11.3 Å². The van der Waals surface area contributed by atoms with Gasteiger partial charge in [0.2, 0.25) is 5.95 Å². The summed E-state index contributed by atoms with van der Waals surface area (Å²) in [5.41, 5.74) is 1.34. The highest BCUT2D eigenvalue weighted by atomic mass is 16.3. The van der Waals surface area contributed by atoms with Gasteiger partial charge in [-0.25, -0.2) is 4.98 Å². The number of nitriles is 1. The second-order valence-electron chi connectivity index (χ2n) is 6.34. The second kappa shape index (κ2) is 7.42. The molecule has 0 aromatic carbocycles. The van der Waals surface area contributed by atoms with E-state index in [1.807, 2.05) is 0 Å². The average molecular weight is 313 g/mol. The average Bonchev–Trinajstić information content (AvgIpc) is 2.56. The van der Waals surface area contributed by atoms with Crippen LogP contribution in [-0.2, 0) is 0 Å². The lowest BCUT2D eigenvalue weighted by Crippen LogP contribution is -2.24. The predicted octanol–water partition coefficient (Wildman–Crippen LogP) is 2.93. The lowest BCUT2D eigenvalue weighted by atomic mass is 9.96. The largest absolute Gasteiger partial charge is 0.393 e. The Kier molecular flexibility index (Phi) is 5.09. The van der Waals surface area contributed by atoms with Gasteiger partial charge in [0.15, 0.2) is 5.82 Å². The van der Waals surface area contributed by atoms with Gasteiger partial charge in [-0.3, -0.25) is 0 Å². The van der Waals surface area contributed by atoms with Crippen LogP contribution in [0.4, 0.5) is 11.8 Å². The van der Waals surface area contributed by atoms with E-state index in [1.165, 1.54) is 19.3 Å². The minimum atomic E-state index is -0.324. The summed E-state index contributed by atoms with van der Waals surface area (Å²) in [5, 5.41) is 25.6. The topological polar surface area (TPSA) is 93.9 Å². The van der Waals surface area contributed by atoms with Gasteiger partial charge in [0.1, 0.15) is 11.6 Å². The minimum Gasteiger partial charge on any atom is -0.393 e. The van der Waals surface area contributed by atoms with Crippen LogP contribution in [0.3, 0.4) is 0 Å². The predicted molar refractivity (Wildman–Crippen MR) is 88.8 cm³/mol. The maximum atomic E-state index is 9.76. The smallest absolute Gasteiger partial charge is 0.224 e. The van der Waals surface area contributed by atoms with Gasteiger partial charge in [0.05, 0.1) is 12.3 Å². The van der Waals surface area contributed by atoms with E-state index in [9.17, 15) is 10.4 Å². The van der Waals surface area contributed by atoms with Crippen LogP contribution in [-0.4, -0.2) is 27.2 Å². The van der Waals surface area contributed by atoms with E-state index < -0.39 is 0 Å². The molecule has 122 valence electrons. The van der Waals surface area contributed by atoms with Crippen molar-refractivity contribution in [1.82, 2.24) is 9.97 Å². The first kappa shape index (κ1) is 15.8. The van der Waals surface area contributed by atoms with E-state index in [1.54, 1.807) is 6.20 Å². The number of nitrogens with zero attached hydrogens (tertiary/aromatic N) is 3. The normalized spacial score (nSPS) is 22.1. The molecule has 3 N–H and O–H groups in total. The minimum absolute atomic E-state index is 0.324. The quantitative estimate of drug-likeness (QED) is 0.791. The van der Waals surface area contributed by atoms with Gasteiger partial charge in [-0.1, -0.05) is 25.3 Å². The second-order valence-corrected chi connectivity index (χ2v) is 6.34. The standard InChI is InChI=1S/C17H23N5O/c18-10-12-11-19-17(21-13-5-2-1-3-6-13)22-16(12)20-14-7-4-8-15(23)9-14/h7,11,13,15,23H,1-6,8-9H2,(H2,19,20,21,22)/t15-/m0/s1. The number of aromatic nitrogens is 2. The Balaban J connectivity index is 1.73. The highest BCUT2D eigenvalue weighted by Gasteiger charge is 2.17. The number of anilines is 2. The third kappa shape index (κ3) is 4.20. The summed E-state index contributed by atoms with van der Waals surface area (Å²) in [6.45, 7) is 0. The van der Waals surface area contributed by atoms with Crippen molar-refractivity contribution in [2.75, 3.05) is 10.6 Å². The van der Waals surface area contributed by atoms with Crippen LogP contribution in [0.15, 0.2) is 18.0 Å². The Labute approximate surface area is 136 Å². The molecule has 3 rings (SSSR count). The van der Waals surface area contributed by atoms with Crippen molar-refractivity contribution in [3.63, 3.8) is 0 Å². The Hall–Kier alpha value is -2.13. The maximum absolute atomic E-state index is 9.76. The molecule has 2 aliphatic carbocycles. The van der Waals surface area contributed by atoms with Gasteiger partial charge in [-0.2, -0.15) is 10.2 Å². The van der Waals surface area contributed by atoms with E-state index in [0.717, 1.165) is 31.4 Å². The number of aliphatic hydroxyl groups excluding tert-OH is 1. The molecule has 0 amide bonds. The van der Waals surface area contributed by atoms with E-state index in [0.29, 0.717) is 29.8 Å². The Bertz CT molecular complexity index is 616. The zero-order valence-corrected chi connectivity index (χ0v) is 13.3. The number of aliphatic hydroxyl groups is 1. The Morgan fingerprint density at radius 3 is 2.78 bits per heavy atom. The molecule has 23 heavy (non-hydrogen) atoms. The molecule has 1 heterocycles. The summed E-state index contributed by atoms with van der Waals surface area (Å²) in [4.78, 5) is 8.74. The Morgan fingerprint density at radius 2 is 2.04 bits per heavy atom. The zero-order chi connectivity index (χ0) is 16.1. The highest BCUT2D eigenvalue weighted by molar-refractivity contribution is 5.56. The van der Waals surface area contributed by atoms with Gasteiger partial charge >= 0.3 is 0 Å². The molecule has 0 bridgehead atoms. The van der Waals surface area contributed by atoms with Gasteiger partial charge < -0.3 is 15.7 Å². The van der Waals surface area contributed by atoms with Gasteiger partial charge in [0, 0.05) is 18.2 Å². The van der Waals surface area contributed by atoms with E-state index in [2.05, 4.69) is 32.7 Å². The summed E-state index contributed by atoms with van der Waals surface area (Å²) in [6.07, 6.45) is 11.5. The first-order valence-electron chi connectivity index (χ1n) is 8.42. The molecule has 1 atom stereocenters. The van der Waals surface area contributed by atoms with Crippen molar-refractivity contribution >= 4 is 11.8 Å². The molecule has 1 fully saturated rings. The monoisotopic (exact) mass is 313 g/mol. The summed E-state index contributed by atoms with van der Waals surface area (Å²) < 4.78 is 0. The molecule has 2 aliphatic rings. The first-order chi connectivity index (χ1) is 11.2. The number of rotatable bonds is 4. The van der Waals surface area contributed by atoms with Crippen molar-refractivity contribution in [2.45, 2.75) is 63.5 Å². The lowest BCUT2D eigenvalue weighted by molar-refractivity contribution is 0.161. The molecule has 0 radical (unpaired) electrons. The van der Waals surface area contributed by atoms with Crippen molar-refractivity contribution in [3.05, 3.63) is 23.5 Å². The zero-order valence-electron chi connectivity index (χ0n) is 13.3. The molecule has 6 nitrogen and oxygen atoms in total.